The molecule has 1 unspecified atom stereocenters. The van der Waals surface area contributed by atoms with Gasteiger partial charge in [0.05, 0.1) is 19.3 Å². The average Bonchev–Trinajstić information content (AvgIpc) is 2.62. The molecule has 0 spiro atoms. The number of nitrogens with zero attached hydrogens (tertiary/aromatic N) is 2. The fourth-order valence-electron chi connectivity index (χ4n) is 1.85. The summed E-state index contributed by atoms with van der Waals surface area (Å²) in [4.78, 5) is 15.4. The maximum absolute atomic E-state index is 11.5. The number of hydrogen-bond acceptors (Lipinski definition) is 3. The van der Waals surface area contributed by atoms with Crippen molar-refractivity contribution in [3.05, 3.63) is 0 Å². The molecule has 0 aliphatic carbocycles. The maximum atomic E-state index is 11.5. The molecule has 0 aromatic heterocycles. The molecule has 1 saturated heterocycles. The lowest BCUT2D eigenvalue weighted by Crippen LogP contribution is -2.35. The van der Waals surface area contributed by atoms with Crippen LogP contribution < -0.4 is 0 Å². The van der Waals surface area contributed by atoms with Crippen molar-refractivity contribution >= 4 is 5.91 Å². The Kier molecular flexibility index (Phi) is 5.22. The Bertz CT molecular complexity index is 229. The lowest BCUT2D eigenvalue weighted by molar-refractivity contribution is -0.129. The van der Waals surface area contributed by atoms with Gasteiger partial charge in [-0.25, -0.2) is 0 Å². The van der Waals surface area contributed by atoms with Crippen LogP contribution in [0.1, 0.15) is 20.3 Å². The monoisotopic (exact) mass is 228 g/mol. The molecular formula is C12H24N2O2. The smallest absolute Gasteiger partial charge is 0.236 e. The molecular weight excluding hydrogens is 204 g/mol. The number of carbonyl (C=O) groups excluding carboxylic acids is 1. The fourth-order valence-corrected chi connectivity index (χ4v) is 1.85. The first-order valence-electron chi connectivity index (χ1n) is 6.03. The highest BCUT2D eigenvalue weighted by molar-refractivity contribution is 5.77. The van der Waals surface area contributed by atoms with Gasteiger partial charge in [-0.2, -0.15) is 0 Å². The maximum Gasteiger partial charge on any atom is 0.236 e. The van der Waals surface area contributed by atoms with Crippen molar-refractivity contribution < 1.29 is 9.53 Å². The predicted octanol–water partition coefficient (Wildman–Crippen LogP) is 0.821. The molecule has 94 valence electrons. The van der Waals surface area contributed by atoms with Crippen molar-refractivity contribution in [3.63, 3.8) is 0 Å². The van der Waals surface area contributed by atoms with Gasteiger partial charge in [-0.1, -0.05) is 0 Å². The second kappa shape index (κ2) is 6.21. The first-order valence-corrected chi connectivity index (χ1v) is 6.03. The molecule has 16 heavy (non-hydrogen) atoms. The van der Waals surface area contributed by atoms with Crippen LogP contribution in [0.15, 0.2) is 0 Å². The van der Waals surface area contributed by atoms with E-state index in [0.717, 1.165) is 26.1 Å². The van der Waals surface area contributed by atoms with Crippen molar-refractivity contribution in [2.75, 3.05) is 40.3 Å². The van der Waals surface area contributed by atoms with Crippen LogP contribution in [0.2, 0.25) is 0 Å². The van der Waals surface area contributed by atoms with Gasteiger partial charge in [-0.05, 0) is 32.7 Å². The van der Waals surface area contributed by atoms with Gasteiger partial charge < -0.3 is 9.64 Å². The SMILES string of the molecule is CC(C)OCC1CCN(CC(=O)N(C)C)C1. The number of likely N-dealkylation sites (tertiary alicyclic amines) is 1. The lowest BCUT2D eigenvalue weighted by Gasteiger charge is -2.18. The van der Waals surface area contributed by atoms with Crippen molar-refractivity contribution in [2.24, 2.45) is 5.92 Å². The van der Waals surface area contributed by atoms with Crippen LogP contribution in [0.4, 0.5) is 0 Å². The fraction of sp³-hybridized carbons (Fsp3) is 0.917. The van der Waals surface area contributed by atoms with E-state index in [9.17, 15) is 4.79 Å². The van der Waals surface area contributed by atoms with E-state index >= 15 is 0 Å². The zero-order chi connectivity index (χ0) is 12.1. The minimum Gasteiger partial charge on any atom is -0.378 e. The number of rotatable bonds is 5. The molecule has 1 aliphatic heterocycles. The second-order valence-electron chi connectivity index (χ2n) is 5.06. The number of ether oxygens (including phenoxy) is 1. The summed E-state index contributed by atoms with van der Waals surface area (Å²) in [5, 5.41) is 0. The third kappa shape index (κ3) is 4.49. The van der Waals surface area contributed by atoms with E-state index in [1.807, 2.05) is 0 Å². The summed E-state index contributed by atoms with van der Waals surface area (Å²) in [6, 6.07) is 0. The molecule has 1 aliphatic rings. The number of hydrogen-bond donors (Lipinski definition) is 0. The highest BCUT2D eigenvalue weighted by atomic mass is 16.5. The van der Waals surface area contributed by atoms with E-state index in [0.29, 0.717) is 18.6 Å². The third-order valence-corrected chi connectivity index (χ3v) is 2.89. The molecule has 1 fully saturated rings. The molecule has 0 aromatic rings. The zero-order valence-corrected chi connectivity index (χ0v) is 10.9. The first-order chi connectivity index (χ1) is 7.49. The van der Waals surface area contributed by atoms with Crippen LogP contribution in [-0.2, 0) is 9.53 Å². The van der Waals surface area contributed by atoms with Crippen LogP contribution in [-0.4, -0.2) is 62.1 Å². The van der Waals surface area contributed by atoms with Crippen molar-refractivity contribution in [2.45, 2.75) is 26.4 Å². The molecule has 0 N–H and O–H groups in total. The van der Waals surface area contributed by atoms with Gasteiger partial charge in [-0.3, -0.25) is 9.69 Å². The Labute approximate surface area is 98.5 Å². The minimum absolute atomic E-state index is 0.186. The third-order valence-electron chi connectivity index (χ3n) is 2.89. The predicted molar refractivity (Wildman–Crippen MR) is 64.3 cm³/mol. The summed E-state index contributed by atoms with van der Waals surface area (Å²) in [7, 11) is 3.61. The first kappa shape index (κ1) is 13.5. The standard InChI is InChI=1S/C12H24N2O2/c1-10(2)16-9-11-5-6-14(7-11)8-12(15)13(3)4/h10-11H,5-9H2,1-4H3. The van der Waals surface area contributed by atoms with Gasteiger partial charge in [0.1, 0.15) is 0 Å². The highest BCUT2D eigenvalue weighted by Crippen LogP contribution is 2.16. The molecule has 1 heterocycles. The zero-order valence-electron chi connectivity index (χ0n) is 10.9. The quantitative estimate of drug-likeness (QED) is 0.698. The van der Waals surface area contributed by atoms with E-state index in [4.69, 9.17) is 4.74 Å². The normalized spacial score (nSPS) is 21.7. The highest BCUT2D eigenvalue weighted by Gasteiger charge is 2.24. The van der Waals surface area contributed by atoms with Crippen molar-refractivity contribution in [1.82, 2.24) is 9.80 Å². The number of amides is 1. The molecule has 4 nitrogen and oxygen atoms in total. The Morgan fingerprint density at radius 1 is 1.50 bits per heavy atom. The van der Waals surface area contributed by atoms with Gasteiger partial charge in [-0.15, -0.1) is 0 Å². The summed E-state index contributed by atoms with van der Waals surface area (Å²) < 4.78 is 5.60. The van der Waals surface area contributed by atoms with Gasteiger partial charge in [0.25, 0.3) is 0 Å². The van der Waals surface area contributed by atoms with Crippen LogP contribution in [0, 0.1) is 5.92 Å². The summed E-state index contributed by atoms with van der Waals surface area (Å²) in [5.74, 6) is 0.780. The summed E-state index contributed by atoms with van der Waals surface area (Å²) in [6.45, 7) is 7.50. The molecule has 4 heteroatoms. The Morgan fingerprint density at radius 2 is 2.19 bits per heavy atom. The van der Waals surface area contributed by atoms with E-state index in [1.54, 1.807) is 19.0 Å². The Balaban J connectivity index is 2.22. The van der Waals surface area contributed by atoms with E-state index in [2.05, 4.69) is 18.7 Å². The molecule has 0 bridgehead atoms. The van der Waals surface area contributed by atoms with Gasteiger partial charge in [0.15, 0.2) is 0 Å². The number of likely N-dealkylation sites (N-methyl/N-ethyl adjacent to an activating group) is 1. The van der Waals surface area contributed by atoms with Crippen LogP contribution in [0.25, 0.3) is 0 Å². The molecule has 1 atom stereocenters. The Morgan fingerprint density at radius 3 is 2.75 bits per heavy atom. The molecule has 0 saturated carbocycles. The van der Waals surface area contributed by atoms with E-state index < -0.39 is 0 Å². The second-order valence-corrected chi connectivity index (χ2v) is 5.06. The molecule has 0 radical (unpaired) electrons. The van der Waals surface area contributed by atoms with Crippen molar-refractivity contribution in [3.8, 4) is 0 Å². The molecule has 1 rings (SSSR count). The van der Waals surface area contributed by atoms with Gasteiger partial charge in [0.2, 0.25) is 5.91 Å². The van der Waals surface area contributed by atoms with E-state index in [1.165, 1.54) is 0 Å². The van der Waals surface area contributed by atoms with E-state index in [-0.39, 0.29) is 5.91 Å². The van der Waals surface area contributed by atoms with Gasteiger partial charge >= 0.3 is 0 Å². The van der Waals surface area contributed by atoms with Gasteiger partial charge in [0, 0.05) is 20.6 Å². The van der Waals surface area contributed by atoms with Crippen LogP contribution in [0.3, 0.4) is 0 Å². The molecule has 1 amide bonds. The van der Waals surface area contributed by atoms with Crippen LogP contribution >= 0.6 is 0 Å². The molecule has 0 aromatic carbocycles. The van der Waals surface area contributed by atoms with Crippen LogP contribution in [0.5, 0.6) is 0 Å². The lowest BCUT2D eigenvalue weighted by atomic mass is 10.1. The largest absolute Gasteiger partial charge is 0.378 e. The summed E-state index contributed by atoms with van der Waals surface area (Å²) in [6.07, 6.45) is 1.45. The topological polar surface area (TPSA) is 32.8 Å². The minimum atomic E-state index is 0.186. The van der Waals surface area contributed by atoms with Crippen molar-refractivity contribution in [1.29, 1.82) is 0 Å². The average molecular weight is 228 g/mol. The number of carbonyl (C=O) groups is 1. The summed E-state index contributed by atoms with van der Waals surface area (Å²) in [5.41, 5.74) is 0. The Hall–Kier alpha value is -0.610. The summed E-state index contributed by atoms with van der Waals surface area (Å²) >= 11 is 0.